The van der Waals surface area contributed by atoms with Crippen molar-refractivity contribution in [2.45, 2.75) is 24.9 Å². The number of rotatable bonds is 3. The van der Waals surface area contributed by atoms with E-state index < -0.39 is 5.60 Å². The van der Waals surface area contributed by atoms with Gasteiger partial charge in [-0.2, -0.15) is 0 Å². The highest BCUT2D eigenvalue weighted by Crippen LogP contribution is 2.34. The fraction of sp³-hybridized carbons (Fsp3) is 0.316. The quantitative estimate of drug-likeness (QED) is 0.766. The molecular formula is C19H20N4O2. The molecule has 128 valence electrons. The molecule has 6 nitrogen and oxygen atoms in total. The Morgan fingerprint density at radius 3 is 3.08 bits per heavy atom. The Hall–Kier alpha value is -2.73. The van der Waals surface area contributed by atoms with Gasteiger partial charge in [0.05, 0.1) is 18.4 Å². The number of benzene rings is 1. The second-order valence-corrected chi connectivity index (χ2v) is 6.65. The lowest BCUT2D eigenvalue weighted by Crippen LogP contribution is -2.43. The largest absolute Gasteiger partial charge is 0.383 e. The fourth-order valence-electron chi connectivity index (χ4n) is 3.55. The molecule has 1 aliphatic carbocycles. The van der Waals surface area contributed by atoms with Gasteiger partial charge in [0.2, 0.25) is 0 Å². The van der Waals surface area contributed by atoms with Crippen LogP contribution >= 0.6 is 0 Å². The van der Waals surface area contributed by atoms with Crippen molar-refractivity contribution >= 4 is 17.1 Å². The van der Waals surface area contributed by atoms with E-state index in [-0.39, 0.29) is 12.5 Å². The zero-order valence-electron chi connectivity index (χ0n) is 14.1. The van der Waals surface area contributed by atoms with E-state index in [1.54, 1.807) is 17.0 Å². The third-order valence-corrected chi connectivity index (χ3v) is 4.91. The van der Waals surface area contributed by atoms with E-state index in [0.29, 0.717) is 17.5 Å². The van der Waals surface area contributed by atoms with Crippen molar-refractivity contribution in [1.82, 2.24) is 19.9 Å². The predicted molar refractivity (Wildman–Crippen MR) is 94.1 cm³/mol. The summed E-state index contributed by atoms with van der Waals surface area (Å²) in [6.45, 7) is 0.184. The van der Waals surface area contributed by atoms with Crippen LogP contribution in [0.25, 0.3) is 11.2 Å². The van der Waals surface area contributed by atoms with Gasteiger partial charge in [0.15, 0.2) is 5.65 Å². The normalized spacial score (nSPS) is 19.6. The summed E-state index contributed by atoms with van der Waals surface area (Å²) in [6.07, 6.45) is 5.72. The smallest absolute Gasteiger partial charge is 0.253 e. The van der Waals surface area contributed by atoms with Gasteiger partial charge >= 0.3 is 0 Å². The van der Waals surface area contributed by atoms with Crippen molar-refractivity contribution in [3.8, 4) is 0 Å². The molecule has 6 heteroatoms. The molecule has 1 aromatic carbocycles. The molecular weight excluding hydrogens is 316 g/mol. The van der Waals surface area contributed by atoms with Crippen LogP contribution in [0, 0.1) is 0 Å². The summed E-state index contributed by atoms with van der Waals surface area (Å²) < 4.78 is 1.80. The Morgan fingerprint density at radius 2 is 2.20 bits per heavy atom. The molecule has 1 aliphatic rings. The Morgan fingerprint density at radius 1 is 1.36 bits per heavy atom. The van der Waals surface area contributed by atoms with E-state index in [0.717, 1.165) is 29.6 Å². The molecule has 1 atom stereocenters. The van der Waals surface area contributed by atoms with Gasteiger partial charge in [0, 0.05) is 13.2 Å². The second kappa shape index (κ2) is 5.97. The van der Waals surface area contributed by atoms with Crippen molar-refractivity contribution in [2.24, 2.45) is 7.05 Å². The molecule has 0 saturated heterocycles. The number of imidazole rings is 1. The molecule has 4 rings (SSSR count). The number of aryl methyl sites for hydroxylation is 2. The van der Waals surface area contributed by atoms with Crippen molar-refractivity contribution in [1.29, 1.82) is 0 Å². The maximum atomic E-state index is 12.5. The van der Waals surface area contributed by atoms with Gasteiger partial charge < -0.3 is 15.0 Å². The number of fused-ring (bicyclic) bond motifs is 2. The Balaban J connectivity index is 1.53. The molecule has 2 aromatic heterocycles. The number of hydrogen-bond donors (Lipinski definition) is 2. The van der Waals surface area contributed by atoms with E-state index in [2.05, 4.69) is 15.3 Å². The Kier molecular flexibility index (Phi) is 3.77. The number of hydrogen-bond acceptors (Lipinski definition) is 4. The fourth-order valence-corrected chi connectivity index (χ4v) is 3.55. The van der Waals surface area contributed by atoms with Crippen LogP contribution in [0.3, 0.4) is 0 Å². The van der Waals surface area contributed by atoms with Crippen molar-refractivity contribution in [3.63, 3.8) is 0 Å². The topological polar surface area (TPSA) is 80.0 Å². The Labute approximate surface area is 145 Å². The Bertz CT molecular complexity index is 950. The van der Waals surface area contributed by atoms with Crippen LogP contribution in [0.1, 0.15) is 34.3 Å². The summed E-state index contributed by atoms with van der Waals surface area (Å²) in [5.74, 6) is -0.253. The van der Waals surface area contributed by atoms with Crippen LogP contribution in [0.5, 0.6) is 0 Å². The number of carbonyl (C=O) groups is 1. The molecule has 0 radical (unpaired) electrons. The van der Waals surface area contributed by atoms with E-state index in [1.807, 2.05) is 31.3 Å². The minimum Gasteiger partial charge on any atom is -0.383 e. The average molecular weight is 336 g/mol. The maximum Gasteiger partial charge on any atom is 0.253 e. The van der Waals surface area contributed by atoms with Crippen LogP contribution in [-0.4, -0.2) is 32.1 Å². The summed E-state index contributed by atoms with van der Waals surface area (Å²) in [4.78, 5) is 21.0. The van der Waals surface area contributed by atoms with Gasteiger partial charge in [-0.1, -0.05) is 24.3 Å². The van der Waals surface area contributed by atoms with E-state index >= 15 is 0 Å². The average Bonchev–Trinajstić information content (AvgIpc) is 3.01. The highest BCUT2D eigenvalue weighted by atomic mass is 16.3. The van der Waals surface area contributed by atoms with Gasteiger partial charge in [-0.25, -0.2) is 9.97 Å². The van der Waals surface area contributed by atoms with Gasteiger partial charge in [0.25, 0.3) is 5.91 Å². The SMILES string of the molecule is Cn1cnc2cc(C(=O)NCC3(O)CCCc4ccccc43)cnc21. The first-order valence-corrected chi connectivity index (χ1v) is 8.43. The van der Waals surface area contributed by atoms with Crippen molar-refractivity contribution in [2.75, 3.05) is 6.54 Å². The molecule has 0 fully saturated rings. The zero-order valence-corrected chi connectivity index (χ0v) is 14.1. The van der Waals surface area contributed by atoms with Gasteiger partial charge in [-0.05, 0) is 36.5 Å². The van der Waals surface area contributed by atoms with Crippen LogP contribution in [0.2, 0.25) is 0 Å². The van der Waals surface area contributed by atoms with Gasteiger partial charge in [0.1, 0.15) is 11.1 Å². The lowest BCUT2D eigenvalue weighted by molar-refractivity contribution is 0.0189. The lowest BCUT2D eigenvalue weighted by atomic mass is 9.79. The first-order valence-electron chi connectivity index (χ1n) is 8.43. The van der Waals surface area contributed by atoms with E-state index in [1.165, 1.54) is 6.20 Å². The van der Waals surface area contributed by atoms with Gasteiger partial charge in [-0.3, -0.25) is 4.79 Å². The van der Waals surface area contributed by atoms with Crippen LogP contribution in [0.15, 0.2) is 42.9 Å². The number of nitrogens with zero attached hydrogens (tertiary/aromatic N) is 3. The molecule has 25 heavy (non-hydrogen) atoms. The third-order valence-electron chi connectivity index (χ3n) is 4.91. The molecule has 0 aliphatic heterocycles. The van der Waals surface area contributed by atoms with Crippen LogP contribution < -0.4 is 5.32 Å². The van der Waals surface area contributed by atoms with Crippen LogP contribution in [-0.2, 0) is 19.1 Å². The second-order valence-electron chi connectivity index (χ2n) is 6.65. The molecule has 2 N–H and O–H groups in total. The van der Waals surface area contributed by atoms with Crippen LogP contribution in [0.4, 0.5) is 0 Å². The van der Waals surface area contributed by atoms with Gasteiger partial charge in [-0.15, -0.1) is 0 Å². The number of carbonyl (C=O) groups excluding carboxylic acids is 1. The van der Waals surface area contributed by atoms with Crippen molar-refractivity contribution in [3.05, 3.63) is 59.5 Å². The van der Waals surface area contributed by atoms with E-state index in [4.69, 9.17) is 0 Å². The lowest BCUT2D eigenvalue weighted by Gasteiger charge is -2.34. The minimum absolute atomic E-state index is 0.184. The number of nitrogens with one attached hydrogen (secondary N) is 1. The molecule has 0 bridgehead atoms. The number of aliphatic hydroxyl groups is 1. The zero-order chi connectivity index (χ0) is 17.4. The first-order chi connectivity index (χ1) is 12.1. The molecule has 0 saturated carbocycles. The summed E-state index contributed by atoms with van der Waals surface area (Å²) in [5.41, 5.74) is 2.90. The summed E-state index contributed by atoms with van der Waals surface area (Å²) >= 11 is 0. The summed E-state index contributed by atoms with van der Waals surface area (Å²) in [7, 11) is 1.86. The summed E-state index contributed by atoms with van der Waals surface area (Å²) in [5, 5.41) is 13.9. The van der Waals surface area contributed by atoms with E-state index in [9.17, 15) is 9.90 Å². The highest BCUT2D eigenvalue weighted by molar-refractivity contribution is 5.96. The molecule has 1 amide bonds. The third kappa shape index (κ3) is 2.78. The molecule has 1 unspecified atom stereocenters. The molecule has 3 aromatic rings. The number of pyridine rings is 1. The highest BCUT2D eigenvalue weighted by Gasteiger charge is 2.34. The maximum absolute atomic E-state index is 12.5. The standard InChI is InChI=1S/C19H20N4O2/c1-23-12-22-16-9-14(10-20-17(16)23)18(24)21-11-19(25)8-4-6-13-5-2-3-7-15(13)19/h2-3,5,7,9-10,12,25H,4,6,8,11H2,1H3,(H,21,24). The molecule has 2 heterocycles. The number of aromatic nitrogens is 3. The monoisotopic (exact) mass is 336 g/mol. The first kappa shape index (κ1) is 15.8. The molecule has 0 spiro atoms. The van der Waals surface area contributed by atoms with Crippen molar-refractivity contribution < 1.29 is 9.90 Å². The summed E-state index contributed by atoms with van der Waals surface area (Å²) in [6, 6.07) is 9.62. The number of amides is 1. The predicted octanol–water partition coefficient (Wildman–Crippen LogP) is 1.92. The minimum atomic E-state index is -1.02.